The minimum absolute atomic E-state index is 0.122. The van der Waals surface area contributed by atoms with Gasteiger partial charge in [-0.3, -0.25) is 4.79 Å². The second kappa shape index (κ2) is 6.68. The van der Waals surface area contributed by atoms with E-state index >= 15 is 0 Å². The molecule has 11 heavy (non-hydrogen) atoms. The van der Waals surface area contributed by atoms with Crippen molar-refractivity contribution in [2.24, 2.45) is 0 Å². The van der Waals surface area contributed by atoms with Gasteiger partial charge in [0, 0.05) is 18.6 Å². The Bertz CT molecular complexity index is 140. The highest BCUT2D eigenvalue weighted by Crippen LogP contribution is 1.96. The van der Waals surface area contributed by atoms with Crippen LogP contribution in [0.4, 0.5) is 0 Å². The lowest BCUT2D eigenvalue weighted by Gasteiger charge is -2.09. The first-order valence-corrected chi connectivity index (χ1v) is 5.88. The van der Waals surface area contributed by atoms with Gasteiger partial charge in [0.05, 0.1) is 0 Å². The summed E-state index contributed by atoms with van der Waals surface area (Å²) in [5.41, 5.74) is 0. The van der Waals surface area contributed by atoms with Crippen LogP contribution in [-0.2, 0) is 16.6 Å². The maximum absolute atomic E-state index is 11.0. The number of amides is 1. The summed E-state index contributed by atoms with van der Waals surface area (Å²) in [6.07, 6.45) is 2.34. The van der Waals surface area contributed by atoms with Crippen molar-refractivity contribution in [3.63, 3.8) is 0 Å². The standard InChI is InChI=1S/C7H14NOPS/c1-3-6(2)8-7(9)4-5-10-11/h6H,3-5H2,1-2H3,(H,8,9). The number of nitrogens with one attached hydrogen (secondary N) is 1. The quantitative estimate of drug-likeness (QED) is 0.670. The second-order valence-electron chi connectivity index (χ2n) is 2.48. The fourth-order valence-electron chi connectivity index (χ4n) is 0.596. The minimum Gasteiger partial charge on any atom is -0.354 e. The van der Waals surface area contributed by atoms with Crippen LogP contribution in [0.5, 0.6) is 0 Å². The summed E-state index contributed by atoms with van der Waals surface area (Å²) in [4.78, 5) is 11.0. The van der Waals surface area contributed by atoms with E-state index in [1.54, 1.807) is 0 Å². The summed E-state index contributed by atoms with van der Waals surface area (Å²) in [6.45, 7) is 4.06. The van der Waals surface area contributed by atoms with E-state index in [0.29, 0.717) is 12.5 Å². The molecule has 0 saturated carbocycles. The molecular formula is C7H14NOPS. The smallest absolute Gasteiger partial charge is 0.220 e. The zero-order chi connectivity index (χ0) is 8.69. The predicted molar refractivity (Wildman–Crippen MR) is 51.7 cm³/mol. The van der Waals surface area contributed by atoms with Gasteiger partial charge in [-0.25, -0.2) is 0 Å². The number of hydrogen-bond acceptors (Lipinski definition) is 2. The number of hydrogen-bond donors (Lipinski definition) is 1. The Morgan fingerprint density at radius 3 is 2.82 bits per heavy atom. The van der Waals surface area contributed by atoms with Crippen LogP contribution < -0.4 is 5.32 Å². The van der Waals surface area contributed by atoms with Crippen LogP contribution >= 0.6 is 7.36 Å². The Hall–Kier alpha value is -0.0100. The van der Waals surface area contributed by atoms with Gasteiger partial charge >= 0.3 is 0 Å². The molecule has 1 atom stereocenters. The lowest BCUT2D eigenvalue weighted by atomic mass is 10.2. The number of carbonyl (C=O) groups excluding carboxylic acids is 1. The maximum atomic E-state index is 11.0. The van der Waals surface area contributed by atoms with Crippen LogP contribution in [0.3, 0.4) is 0 Å². The number of carbonyl (C=O) groups is 1. The molecular weight excluding hydrogens is 177 g/mol. The summed E-state index contributed by atoms with van der Waals surface area (Å²) in [6, 6.07) is 0.296. The van der Waals surface area contributed by atoms with E-state index in [0.717, 1.165) is 19.9 Å². The van der Waals surface area contributed by atoms with Crippen LogP contribution in [0, 0.1) is 0 Å². The Balaban J connectivity index is 3.43. The second-order valence-corrected chi connectivity index (χ2v) is 3.96. The molecule has 0 aliphatic carbocycles. The summed E-state index contributed by atoms with van der Waals surface area (Å²) < 4.78 is 0. The van der Waals surface area contributed by atoms with Crippen molar-refractivity contribution in [2.45, 2.75) is 32.7 Å². The van der Waals surface area contributed by atoms with E-state index in [1.165, 1.54) is 0 Å². The molecule has 0 radical (unpaired) electrons. The van der Waals surface area contributed by atoms with Crippen LogP contribution in [0.1, 0.15) is 26.7 Å². The number of rotatable bonds is 5. The Morgan fingerprint density at radius 1 is 1.73 bits per heavy atom. The lowest BCUT2D eigenvalue weighted by molar-refractivity contribution is -0.121. The molecule has 0 aromatic heterocycles. The summed E-state index contributed by atoms with van der Waals surface area (Å²) >= 11 is 4.70. The molecule has 0 spiro atoms. The summed E-state index contributed by atoms with van der Waals surface area (Å²) in [7, 11) is 0.879. The monoisotopic (exact) mass is 191 g/mol. The zero-order valence-electron chi connectivity index (χ0n) is 6.96. The van der Waals surface area contributed by atoms with Crippen molar-refractivity contribution in [3.8, 4) is 0 Å². The van der Waals surface area contributed by atoms with E-state index in [2.05, 4.69) is 12.2 Å². The summed E-state index contributed by atoms with van der Waals surface area (Å²) in [5.74, 6) is 0.122. The van der Waals surface area contributed by atoms with Gasteiger partial charge in [0.2, 0.25) is 5.91 Å². The molecule has 0 heterocycles. The van der Waals surface area contributed by atoms with Crippen molar-refractivity contribution in [2.75, 3.05) is 6.16 Å². The topological polar surface area (TPSA) is 29.1 Å². The molecule has 4 heteroatoms. The van der Waals surface area contributed by atoms with Gasteiger partial charge in [0.25, 0.3) is 0 Å². The SMILES string of the molecule is CCC(C)NC(=O)CCP=S. The van der Waals surface area contributed by atoms with E-state index < -0.39 is 0 Å². The highest BCUT2D eigenvalue weighted by atomic mass is 32.4. The van der Waals surface area contributed by atoms with E-state index in [1.807, 2.05) is 6.92 Å². The van der Waals surface area contributed by atoms with Crippen LogP contribution in [0.2, 0.25) is 0 Å². The molecule has 64 valence electrons. The van der Waals surface area contributed by atoms with Crippen molar-refractivity contribution in [1.29, 1.82) is 0 Å². The van der Waals surface area contributed by atoms with Crippen molar-refractivity contribution >= 4 is 25.1 Å². The average molecular weight is 191 g/mol. The molecule has 0 saturated heterocycles. The van der Waals surface area contributed by atoms with Gasteiger partial charge in [0.15, 0.2) is 0 Å². The van der Waals surface area contributed by atoms with Gasteiger partial charge in [-0.05, 0) is 20.7 Å². The predicted octanol–water partition coefficient (Wildman–Crippen LogP) is 1.70. The van der Waals surface area contributed by atoms with Gasteiger partial charge in [-0.2, -0.15) is 0 Å². The molecule has 1 amide bonds. The lowest BCUT2D eigenvalue weighted by Crippen LogP contribution is -2.31. The first kappa shape index (κ1) is 11.0. The zero-order valence-corrected chi connectivity index (χ0v) is 8.67. The van der Waals surface area contributed by atoms with Gasteiger partial charge < -0.3 is 5.32 Å². The molecule has 0 fully saturated rings. The summed E-state index contributed by atoms with van der Waals surface area (Å²) in [5, 5.41) is 2.87. The largest absolute Gasteiger partial charge is 0.354 e. The fourth-order valence-corrected chi connectivity index (χ4v) is 1.16. The molecule has 0 aliphatic heterocycles. The van der Waals surface area contributed by atoms with Gasteiger partial charge in [-0.1, -0.05) is 18.7 Å². The molecule has 0 aromatic carbocycles. The van der Waals surface area contributed by atoms with E-state index in [-0.39, 0.29) is 5.91 Å². The van der Waals surface area contributed by atoms with Crippen LogP contribution in [-0.4, -0.2) is 18.1 Å². The van der Waals surface area contributed by atoms with Crippen molar-refractivity contribution in [1.82, 2.24) is 5.32 Å². The Kier molecular flexibility index (Phi) is 6.68. The third kappa shape index (κ3) is 6.39. The Labute approximate surface area is 74.6 Å². The normalized spacial score (nSPS) is 12.9. The van der Waals surface area contributed by atoms with E-state index in [9.17, 15) is 4.79 Å². The fraction of sp³-hybridized carbons (Fsp3) is 0.857. The molecule has 0 aromatic rings. The third-order valence-corrected chi connectivity index (χ3v) is 2.40. The van der Waals surface area contributed by atoms with Crippen LogP contribution in [0.25, 0.3) is 0 Å². The molecule has 0 aliphatic rings. The first-order chi connectivity index (χ1) is 5.20. The van der Waals surface area contributed by atoms with Crippen molar-refractivity contribution < 1.29 is 4.79 Å². The minimum atomic E-state index is 0.122. The van der Waals surface area contributed by atoms with Gasteiger partial charge in [0.1, 0.15) is 0 Å². The van der Waals surface area contributed by atoms with Crippen LogP contribution in [0.15, 0.2) is 0 Å². The first-order valence-electron chi connectivity index (χ1n) is 3.79. The van der Waals surface area contributed by atoms with E-state index in [4.69, 9.17) is 11.8 Å². The maximum Gasteiger partial charge on any atom is 0.220 e. The van der Waals surface area contributed by atoms with Gasteiger partial charge in [-0.15, -0.1) is 0 Å². The Morgan fingerprint density at radius 2 is 2.36 bits per heavy atom. The third-order valence-electron chi connectivity index (χ3n) is 1.45. The van der Waals surface area contributed by atoms with Crippen molar-refractivity contribution in [3.05, 3.63) is 0 Å². The molecule has 1 unspecified atom stereocenters. The average Bonchev–Trinajstić information content (AvgIpc) is 2.00. The highest BCUT2D eigenvalue weighted by molar-refractivity contribution is 7.96. The molecule has 0 bridgehead atoms. The highest BCUT2D eigenvalue weighted by Gasteiger charge is 2.03. The molecule has 1 N–H and O–H groups in total. The molecule has 0 rings (SSSR count). The molecule has 2 nitrogen and oxygen atoms in total.